The molecule has 0 heterocycles. The second-order valence-corrected chi connectivity index (χ2v) is 10.2. The minimum absolute atomic E-state index is 0.0636. The van der Waals surface area contributed by atoms with Gasteiger partial charge in [-0.05, 0) is 60.7 Å². The number of anilines is 1. The summed E-state index contributed by atoms with van der Waals surface area (Å²) in [5.74, 6) is 0.0850. The molecule has 0 aliphatic heterocycles. The van der Waals surface area contributed by atoms with Crippen LogP contribution >= 0.6 is 23.2 Å². The highest BCUT2D eigenvalue weighted by atomic mass is 35.5. The van der Waals surface area contributed by atoms with Crippen molar-refractivity contribution in [2.75, 3.05) is 18.4 Å². The normalized spacial score (nSPS) is 14.3. The van der Waals surface area contributed by atoms with E-state index in [4.69, 9.17) is 23.2 Å². The van der Waals surface area contributed by atoms with E-state index in [1.165, 1.54) is 31.7 Å². The molecule has 0 radical (unpaired) electrons. The van der Waals surface area contributed by atoms with Crippen LogP contribution in [-0.2, 0) is 0 Å². The number of amides is 2. The molecule has 3 aromatic carbocycles. The van der Waals surface area contributed by atoms with Gasteiger partial charge in [0, 0.05) is 46.4 Å². The van der Waals surface area contributed by atoms with Gasteiger partial charge in [0.2, 0.25) is 0 Å². The molecule has 0 saturated heterocycles. The minimum Gasteiger partial charge on any atom is -0.337 e. The molecule has 0 bridgehead atoms. The zero-order valence-corrected chi connectivity index (χ0v) is 21.9. The van der Waals surface area contributed by atoms with Crippen molar-refractivity contribution in [1.82, 2.24) is 10.6 Å². The Labute approximate surface area is 226 Å². The fourth-order valence-corrected chi connectivity index (χ4v) is 5.27. The number of hydrogen-bond donors (Lipinski definition) is 3. The Morgan fingerprint density at radius 2 is 1.68 bits per heavy atom. The van der Waals surface area contributed by atoms with Gasteiger partial charge < -0.3 is 16.0 Å². The van der Waals surface area contributed by atoms with Gasteiger partial charge in [-0.3, -0.25) is 10.1 Å². The molecule has 1 saturated carbocycles. The number of urea groups is 1. The first-order valence-electron chi connectivity index (χ1n) is 12.5. The summed E-state index contributed by atoms with van der Waals surface area (Å²) in [6.45, 7) is 1.30. The predicted molar refractivity (Wildman–Crippen MR) is 150 cm³/mol. The number of nitrogens with zero attached hydrogens (tertiary/aromatic N) is 1. The fraction of sp³-hybridized carbons (Fsp3) is 0.321. The summed E-state index contributed by atoms with van der Waals surface area (Å²) in [5, 5.41) is 21.5. The summed E-state index contributed by atoms with van der Waals surface area (Å²) < 4.78 is 0. The van der Waals surface area contributed by atoms with Crippen LogP contribution in [0.15, 0.2) is 66.7 Å². The number of hydrogen-bond acceptors (Lipinski definition) is 4. The van der Waals surface area contributed by atoms with E-state index in [0.717, 1.165) is 29.7 Å². The van der Waals surface area contributed by atoms with Crippen molar-refractivity contribution >= 4 is 40.6 Å². The maximum absolute atomic E-state index is 12.6. The zero-order valence-electron chi connectivity index (χ0n) is 20.4. The van der Waals surface area contributed by atoms with Gasteiger partial charge in [-0.2, -0.15) is 0 Å². The highest BCUT2D eigenvalue weighted by molar-refractivity contribution is 6.35. The smallest absolute Gasteiger partial charge is 0.319 e. The highest BCUT2D eigenvalue weighted by Crippen LogP contribution is 2.27. The standard InChI is InChI=1S/C28H30Cl2N4O3/c29-23-15-24(30)17-26(16-23)33-28(35)32-18-22(12-13-31-25-5-1-2-6-25)20-10-8-19(9-11-20)21-4-3-7-27(14-21)34(36)37/h3-4,7-11,14-17,22,25,31H,1-2,5-6,12-13,18H2,(H2,32,33,35). The molecule has 0 aromatic heterocycles. The first-order chi connectivity index (χ1) is 17.9. The van der Waals surface area contributed by atoms with Crippen LogP contribution in [0, 0.1) is 10.1 Å². The maximum atomic E-state index is 12.6. The molecule has 4 rings (SSSR count). The summed E-state index contributed by atoms with van der Waals surface area (Å²) in [4.78, 5) is 23.4. The number of rotatable bonds is 10. The number of carbonyl (C=O) groups is 1. The fourth-order valence-electron chi connectivity index (χ4n) is 4.74. The van der Waals surface area contributed by atoms with Crippen molar-refractivity contribution in [1.29, 1.82) is 0 Å². The largest absolute Gasteiger partial charge is 0.337 e. The van der Waals surface area contributed by atoms with E-state index in [9.17, 15) is 14.9 Å². The SMILES string of the molecule is O=C(NCC(CCNC1CCCC1)c1ccc(-c2cccc([N+](=O)[O-])c2)cc1)Nc1cc(Cl)cc(Cl)c1. The number of halogens is 2. The van der Waals surface area contributed by atoms with Crippen molar-refractivity contribution < 1.29 is 9.72 Å². The Bertz CT molecular complexity index is 1210. The molecule has 3 N–H and O–H groups in total. The Balaban J connectivity index is 1.43. The van der Waals surface area contributed by atoms with E-state index in [1.54, 1.807) is 30.3 Å². The highest BCUT2D eigenvalue weighted by Gasteiger charge is 2.17. The summed E-state index contributed by atoms with van der Waals surface area (Å²) in [6.07, 6.45) is 5.83. The van der Waals surface area contributed by atoms with Crippen molar-refractivity contribution in [3.05, 3.63) is 92.5 Å². The topological polar surface area (TPSA) is 96.3 Å². The molecule has 1 atom stereocenters. The van der Waals surface area contributed by atoms with Gasteiger partial charge in [0.25, 0.3) is 5.69 Å². The van der Waals surface area contributed by atoms with E-state index < -0.39 is 0 Å². The molecule has 2 amide bonds. The lowest BCUT2D eigenvalue weighted by atomic mass is 9.93. The van der Waals surface area contributed by atoms with Gasteiger partial charge in [-0.25, -0.2) is 4.79 Å². The summed E-state index contributed by atoms with van der Waals surface area (Å²) in [5.41, 5.74) is 3.37. The molecule has 3 aromatic rings. The number of carbonyl (C=O) groups excluding carboxylic acids is 1. The molecule has 0 spiro atoms. The number of benzene rings is 3. The third-order valence-corrected chi connectivity index (χ3v) is 7.12. The van der Waals surface area contributed by atoms with Gasteiger partial charge in [-0.15, -0.1) is 0 Å². The Kier molecular flexibility index (Phi) is 9.39. The van der Waals surface area contributed by atoms with E-state index in [1.807, 2.05) is 30.3 Å². The quantitative estimate of drug-likeness (QED) is 0.184. The Morgan fingerprint density at radius 3 is 2.35 bits per heavy atom. The molecular formula is C28H30Cl2N4O3. The number of nitro groups is 1. The third-order valence-electron chi connectivity index (χ3n) is 6.68. The second kappa shape index (κ2) is 12.9. The van der Waals surface area contributed by atoms with Crippen LogP contribution in [-0.4, -0.2) is 30.1 Å². The van der Waals surface area contributed by atoms with Crippen LogP contribution in [0.3, 0.4) is 0 Å². The lowest BCUT2D eigenvalue weighted by Gasteiger charge is -2.21. The molecule has 9 heteroatoms. The van der Waals surface area contributed by atoms with Gasteiger partial charge in [0.05, 0.1) is 4.92 Å². The molecule has 1 unspecified atom stereocenters. The van der Waals surface area contributed by atoms with E-state index in [0.29, 0.717) is 28.3 Å². The summed E-state index contributed by atoms with van der Waals surface area (Å²) in [7, 11) is 0. The van der Waals surface area contributed by atoms with E-state index in [-0.39, 0.29) is 22.6 Å². The summed E-state index contributed by atoms with van der Waals surface area (Å²) >= 11 is 12.1. The average Bonchev–Trinajstić information content (AvgIpc) is 3.39. The molecule has 1 aliphatic carbocycles. The van der Waals surface area contributed by atoms with Crippen LogP contribution in [0.5, 0.6) is 0 Å². The Hall–Kier alpha value is -3.13. The van der Waals surface area contributed by atoms with E-state index >= 15 is 0 Å². The second-order valence-electron chi connectivity index (χ2n) is 9.34. The molecule has 1 fully saturated rings. The minimum atomic E-state index is -0.390. The predicted octanol–water partition coefficient (Wildman–Crippen LogP) is 7.40. The lowest BCUT2D eigenvalue weighted by Crippen LogP contribution is -2.34. The molecule has 1 aliphatic rings. The van der Waals surface area contributed by atoms with Crippen LogP contribution in [0.2, 0.25) is 10.0 Å². The van der Waals surface area contributed by atoms with Gasteiger partial charge >= 0.3 is 6.03 Å². The van der Waals surface area contributed by atoms with Gasteiger partial charge in [-0.1, -0.05) is 72.4 Å². The average molecular weight is 541 g/mol. The molecule has 194 valence electrons. The van der Waals surface area contributed by atoms with Gasteiger partial charge in [0.15, 0.2) is 0 Å². The van der Waals surface area contributed by atoms with Gasteiger partial charge in [0.1, 0.15) is 0 Å². The van der Waals surface area contributed by atoms with Crippen LogP contribution in [0.1, 0.15) is 43.6 Å². The first kappa shape index (κ1) is 26.9. The van der Waals surface area contributed by atoms with Crippen LogP contribution in [0.4, 0.5) is 16.2 Å². The van der Waals surface area contributed by atoms with Crippen molar-refractivity contribution in [3.8, 4) is 11.1 Å². The van der Waals surface area contributed by atoms with Crippen molar-refractivity contribution in [3.63, 3.8) is 0 Å². The lowest BCUT2D eigenvalue weighted by molar-refractivity contribution is -0.384. The zero-order chi connectivity index (χ0) is 26.2. The van der Waals surface area contributed by atoms with Crippen LogP contribution < -0.4 is 16.0 Å². The monoisotopic (exact) mass is 540 g/mol. The van der Waals surface area contributed by atoms with Crippen molar-refractivity contribution in [2.24, 2.45) is 0 Å². The van der Waals surface area contributed by atoms with Crippen LogP contribution in [0.25, 0.3) is 11.1 Å². The number of nitro benzene ring substituents is 1. The molecular weight excluding hydrogens is 511 g/mol. The molecule has 37 heavy (non-hydrogen) atoms. The summed E-state index contributed by atoms with van der Waals surface area (Å²) in [6, 6.07) is 19.7. The number of non-ortho nitro benzene ring substituents is 1. The first-order valence-corrected chi connectivity index (χ1v) is 13.2. The van der Waals surface area contributed by atoms with E-state index in [2.05, 4.69) is 16.0 Å². The Morgan fingerprint density at radius 1 is 0.973 bits per heavy atom. The number of nitrogens with one attached hydrogen (secondary N) is 3. The third kappa shape index (κ3) is 7.92. The molecule has 7 nitrogen and oxygen atoms in total. The van der Waals surface area contributed by atoms with Crippen molar-refractivity contribution in [2.45, 2.75) is 44.1 Å². The maximum Gasteiger partial charge on any atom is 0.319 e.